The van der Waals surface area contributed by atoms with E-state index in [9.17, 15) is 24.3 Å². The highest BCUT2D eigenvalue weighted by Gasteiger charge is 2.25. The summed E-state index contributed by atoms with van der Waals surface area (Å²) in [6.45, 7) is -1.03. The average Bonchev–Trinajstić information content (AvgIpc) is 2.56. The van der Waals surface area contributed by atoms with Gasteiger partial charge in [0.25, 0.3) is 0 Å². The predicted molar refractivity (Wildman–Crippen MR) is 83.6 cm³/mol. The lowest BCUT2D eigenvalue weighted by molar-refractivity contribution is -0.142. The second-order valence-corrected chi connectivity index (χ2v) is 4.97. The van der Waals surface area contributed by atoms with Crippen molar-refractivity contribution in [2.75, 3.05) is 26.2 Å². The highest BCUT2D eigenvalue weighted by molar-refractivity contribution is 5.92. The van der Waals surface area contributed by atoms with Gasteiger partial charge in [0, 0.05) is 0 Å². The molecule has 24 heavy (non-hydrogen) atoms. The van der Waals surface area contributed by atoms with E-state index in [4.69, 9.17) is 16.6 Å². The predicted octanol–water partition coefficient (Wildman–Crippen LogP) is -3.76. The Morgan fingerprint density at radius 2 is 1.62 bits per heavy atom. The van der Waals surface area contributed by atoms with Crippen LogP contribution in [-0.4, -0.2) is 72.2 Å². The van der Waals surface area contributed by atoms with Crippen molar-refractivity contribution in [2.45, 2.75) is 31.3 Å². The molecule has 9 N–H and O–H groups in total. The Bertz CT molecular complexity index is 445. The summed E-state index contributed by atoms with van der Waals surface area (Å²) >= 11 is 0. The maximum Gasteiger partial charge on any atom is 0.326 e. The van der Waals surface area contributed by atoms with Gasteiger partial charge >= 0.3 is 5.97 Å². The van der Waals surface area contributed by atoms with E-state index in [0.29, 0.717) is 19.4 Å². The second-order valence-electron chi connectivity index (χ2n) is 4.97. The summed E-state index contributed by atoms with van der Waals surface area (Å²) in [6, 6.07) is -2.48. The minimum Gasteiger partial charge on any atom is -0.480 e. The van der Waals surface area contributed by atoms with Gasteiger partial charge in [-0.05, 0) is 25.8 Å². The molecule has 0 saturated carbocycles. The summed E-state index contributed by atoms with van der Waals surface area (Å²) in [7, 11) is 0. The summed E-state index contributed by atoms with van der Waals surface area (Å²) in [5, 5.41) is 24.9. The molecule has 0 radical (unpaired) electrons. The van der Waals surface area contributed by atoms with E-state index in [-0.39, 0.29) is 13.0 Å². The number of aliphatic hydroxyl groups excluding tert-OH is 1. The quantitative estimate of drug-likeness (QED) is 0.175. The number of hydrogen-bond acceptors (Lipinski definition) is 7. The van der Waals surface area contributed by atoms with E-state index in [1.165, 1.54) is 0 Å². The van der Waals surface area contributed by atoms with Gasteiger partial charge < -0.3 is 37.6 Å². The molecule has 0 saturated heterocycles. The van der Waals surface area contributed by atoms with Crippen molar-refractivity contribution in [1.82, 2.24) is 16.0 Å². The number of amides is 3. The third-order valence-electron chi connectivity index (χ3n) is 3.03. The molecule has 0 aromatic carbocycles. The largest absolute Gasteiger partial charge is 0.480 e. The minimum absolute atomic E-state index is 0.178. The third kappa shape index (κ3) is 9.02. The molecule has 0 aromatic heterocycles. The molecule has 0 aliphatic carbocycles. The number of aliphatic hydroxyl groups is 1. The lowest BCUT2D eigenvalue weighted by atomic mass is 10.1. The minimum atomic E-state index is -1.33. The highest BCUT2D eigenvalue weighted by Crippen LogP contribution is 2.01. The van der Waals surface area contributed by atoms with E-state index < -0.39 is 48.9 Å². The van der Waals surface area contributed by atoms with Gasteiger partial charge in [0.05, 0.1) is 19.7 Å². The highest BCUT2D eigenvalue weighted by atomic mass is 16.4. The summed E-state index contributed by atoms with van der Waals surface area (Å²) in [5.41, 5.74) is 10.4. The lowest BCUT2D eigenvalue weighted by Crippen LogP contribution is -2.54. The van der Waals surface area contributed by atoms with Crippen LogP contribution in [0.5, 0.6) is 0 Å². The van der Waals surface area contributed by atoms with Gasteiger partial charge in [-0.3, -0.25) is 14.4 Å². The van der Waals surface area contributed by atoms with Gasteiger partial charge in [0.15, 0.2) is 0 Å². The van der Waals surface area contributed by atoms with Crippen molar-refractivity contribution in [3.05, 3.63) is 0 Å². The molecule has 11 heteroatoms. The van der Waals surface area contributed by atoms with Gasteiger partial charge in [-0.2, -0.15) is 0 Å². The molecule has 0 unspecified atom stereocenters. The van der Waals surface area contributed by atoms with Crippen LogP contribution >= 0.6 is 0 Å². The fraction of sp³-hybridized carbons (Fsp3) is 0.692. The van der Waals surface area contributed by atoms with Crippen LogP contribution in [0, 0.1) is 0 Å². The Balaban J connectivity index is 4.51. The van der Waals surface area contributed by atoms with Gasteiger partial charge in [-0.1, -0.05) is 0 Å². The third-order valence-corrected chi connectivity index (χ3v) is 3.03. The molecule has 0 aliphatic rings. The van der Waals surface area contributed by atoms with Crippen molar-refractivity contribution in [3.8, 4) is 0 Å². The Morgan fingerprint density at radius 1 is 0.958 bits per heavy atom. The number of unbranched alkanes of at least 4 members (excludes halogenated alkanes) is 1. The number of rotatable bonds is 12. The number of hydrogen-bond donors (Lipinski definition) is 7. The summed E-state index contributed by atoms with van der Waals surface area (Å²) < 4.78 is 0. The Kier molecular flexibility index (Phi) is 11.1. The summed E-state index contributed by atoms with van der Waals surface area (Å²) in [6.07, 6.45) is 1.30. The summed E-state index contributed by atoms with van der Waals surface area (Å²) in [5.74, 6) is -3.34. The van der Waals surface area contributed by atoms with E-state index in [1.807, 2.05) is 0 Å². The van der Waals surface area contributed by atoms with Crippen molar-refractivity contribution in [2.24, 2.45) is 11.5 Å². The van der Waals surface area contributed by atoms with Crippen LogP contribution in [0.25, 0.3) is 0 Å². The van der Waals surface area contributed by atoms with Crippen LogP contribution in [0.15, 0.2) is 0 Å². The fourth-order valence-electron chi connectivity index (χ4n) is 1.71. The van der Waals surface area contributed by atoms with Crippen LogP contribution in [-0.2, 0) is 19.2 Å². The number of nitrogens with two attached hydrogens (primary N) is 2. The first-order chi connectivity index (χ1) is 11.3. The first-order valence-electron chi connectivity index (χ1n) is 7.45. The summed E-state index contributed by atoms with van der Waals surface area (Å²) in [4.78, 5) is 45.6. The molecule has 0 bridgehead atoms. The SMILES string of the molecule is NCCCC[C@H](NC(=O)[C@H](CO)NC(=O)CNC(=O)CN)C(=O)O. The fourth-order valence-corrected chi connectivity index (χ4v) is 1.71. The number of aliphatic carboxylic acids is 1. The number of carboxylic acids is 1. The number of nitrogens with one attached hydrogen (secondary N) is 3. The molecule has 0 fully saturated rings. The van der Waals surface area contributed by atoms with Crippen LogP contribution in [0.3, 0.4) is 0 Å². The smallest absolute Gasteiger partial charge is 0.326 e. The molecule has 0 aliphatic heterocycles. The Hall–Kier alpha value is -2.24. The molecule has 3 amide bonds. The average molecular weight is 347 g/mol. The van der Waals surface area contributed by atoms with Gasteiger partial charge in [-0.25, -0.2) is 4.79 Å². The normalized spacial score (nSPS) is 12.8. The number of carbonyl (C=O) groups excluding carboxylic acids is 3. The first kappa shape index (κ1) is 21.8. The van der Waals surface area contributed by atoms with E-state index >= 15 is 0 Å². The maximum atomic E-state index is 12.0. The molecular weight excluding hydrogens is 322 g/mol. The zero-order chi connectivity index (χ0) is 18.5. The number of carboxylic acid groups (broad SMARTS) is 1. The van der Waals surface area contributed by atoms with Crippen LogP contribution in [0.1, 0.15) is 19.3 Å². The molecule has 138 valence electrons. The van der Waals surface area contributed by atoms with Crippen molar-refractivity contribution in [3.63, 3.8) is 0 Å². The monoisotopic (exact) mass is 347 g/mol. The maximum absolute atomic E-state index is 12.0. The molecule has 2 atom stereocenters. The molecule has 0 rings (SSSR count). The standard InChI is InChI=1S/C13H25N5O6/c14-4-2-1-3-8(13(23)24)18-12(22)9(7-19)17-11(21)6-16-10(20)5-15/h8-9,19H,1-7,14-15H2,(H,16,20)(H,17,21)(H,18,22)(H,23,24)/t8-,9-/m0/s1. The first-order valence-corrected chi connectivity index (χ1v) is 7.45. The van der Waals surface area contributed by atoms with Gasteiger partial charge in [-0.15, -0.1) is 0 Å². The zero-order valence-corrected chi connectivity index (χ0v) is 13.3. The second kappa shape index (κ2) is 12.2. The molecule has 0 heterocycles. The lowest BCUT2D eigenvalue weighted by Gasteiger charge is -2.20. The van der Waals surface area contributed by atoms with E-state index in [1.54, 1.807) is 0 Å². The van der Waals surface area contributed by atoms with Gasteiger partial charge in [0.1, 0.15) is 12.1 Å². The molecule has 11 nitrogen and oxygen atoms in total. The van der Waals surface area contributed by atoms with Crippen LogP contribution < -0.4 is 27.4 Å². The molecule has 0 aromatic rings. The Labute approximate surface area is 139 Å². The van der Waals surface area contributed by atoms with Crippen molar-refractivity contribution >= 4 is 23.7 Å². The zero-order valence-electron chi connectivity index (χ0n) is 13.3. The van der Waals surface area contributed by atoms with Crippen LogP contribution in [0.2, 0.25) is 0 Å². The van der Waals surface area contributed by atoms with E-state index in [0.717, 1.165) is 0 Å². The Morgan fingerprint density at radius 3 is 2.12 bits per heavy atom. The van der Waals surface area contributed by atoms with E-state index in [2.05, 4.69) is 16.0 Å². The van der Waals surface area contributed by atoms with Crippen molar-refractivity contribution in [1.29, 1.82) is 0 Å². The van der Waals surface area contributed by atoms with Crippen LogP contribution in [0.4, 0.5) is 0 Å². The van der Waals surface area contributed by atoms with Crippen molar-refractivity contribution < 1.29 is 29.4 Å². The number of carbonyl (C=O) groups is 4. The topological polar surface area (TPSA) is 197 Å². The van der Waals surface area contributed by atoms with Gasteiger partial charge in [0.2, 0.25) is 17.7 Å². The molecular formula is C13H25N5O6. The molecule has 0 spiro atoms.